The molecule has 0 saturated heterocycles. The molecule has 0 radical (unpaired) electrons. The third kappa shape index (κ3) is 9.50. The van der Waals surface area contributed by atoms with Gasteiger partial charge in [-0.1, -0.05) is 60.7 Å². The highest BCUT2D eigenvalue weighted by atomic mass is 32.1. The molecule has 14 nitrogen and oxygen atoms in total. The lowest BCUT2D eigenvalue weighted by atomic mass is 10.0. The van der Waals surface area contributed by atoms with Crippen molar-refractivity contribution in [2.75, 3.05) is 29.9 Å². The van der Waals surface area contributed by atoms with Crippen molar-refractivity contribution in [1.29, 1.82) is 0 Å². The summed E-state index contributed by atoms with van der Waals surface area (Å²) in [7, 11) is 0. The second-order valence-electron chi connectivity index (χ2n) is 9.75. The van der Waals surface area contributed by atoms with Crippen LogP contribution in [0.3, 0.4) is 0 Å². The van der Waals surface area contributed by atoms with Crippen LogP contribution in [0, 0.1) is 15.0 Å². The molecule has 232 valence electrons. The van der Waals surface area contributed by atoms with Crippen LogP contribution in [0.15, 0.2) is 78.0 Å². The molecule has 0 aliphatic heterocycles. The van der Waals surface area contributed by atoms with Gasteiger partial charge in [-0.15, -0.1) is 4.91 Å². The molecule has 3 aromatic carbocycles. The first-order chi connectivity index (χ1) is 21.1. The van der Waals surface area contributed by atoms with Gasteiger partial charge in [0.05, 0.1) is 22.3 Å². The van der Waals surface area contributed by atoms with Gasteiger partial charge in [0.1, 0.15) is 12.1 Å². The summed E-state index contributed by atoms with van der Waals surface area (Å²) >= 11 is 4.06. The number of nitrogens with zero attached hydrogens (tertiary/aromatic N) is 2. The largest absolute Gasteiger partial charge is 0.395 e. The molecule has 3 amide bonds. The van der Waals surface area contributed by atoms with Crippen LogP contribution >= 0.6 is 12.6 Å². The number of carbonyl (C=O) groups is 3. The summed E-state index contributed by atoms with van der Waals surface area (Å²) in [6, 6.07) is 17.7. The van der Waals surface area contributed by atoms with Gasteiger partial charge in [0.2, 0.25) is 23.4 Å². The van der Waals surface area contributed by atoms with Crippen LogP contribution in [-0.2, 0) is 27.2 Å². The predicted molar refractivity (Wildman–Crippen MR) is 170 cm³/mol. The number of hydrogen-bond acceptors (Lipinski definition) is 11. The van der Waals surface area contributed by atoms with Gasteiger partial charge in [-0.25, -0.2) is 0 Å². The number of nitrogen functional groups attached to an aromatic ring is 1. The lowest BCUT2D eigenvalue weighted by Gasteiger charge is -2.24. The first-order valence-electron chi connectivity index (χ1n) is 13.6. The Kier molecular flexibility index (Phi) is 12.6. The van der Waals surface area contributed by atoms with Crippen LogP contribution in [0.2, 0.25) is 0 Å². The highest BCUT2D eigenvalue weighted by molar-refractivity contribution is 7.80. The van der Waals surface area contributed by atoms with Gasteiger partial charge in [-0.3, -0.25) is 24.5 Å². The first kappa shape index (κ1) is 33.5. The Bertz CT molecular complexity index is 1460. The molecular formula is C29H34N8O6S. The van der Waals surface area contributed by atoms with E-state index in [0.29, 0.717) is 0 Å². The van der Waals surface area contributed by atoms with E-state index in [0.717, 1.165) is 17.2 Å². The maximum Gasteiger partial charge on any atom is 0.300 e. The molecule has 3 aromatic rings. The normalized spacial score (nSPS) is 12.7. The standard InChI is InChI=1S/C29H34N8O6S/c30-20(17-44)27(38)34-23(16-19-9-5-2-6-10-19)29(40)35-22(15-18-7-3-1-4-8-18)28(39)33-14-13-32-21-11-12-24(37(42)43)26(36-41)25(21)31/h1-12,20,22-23,32,44H,13-17,30-31H2,(H,33,39)(H,34,38)(H,35,40). The number of nitrogens with one attached hydrogen (secondary N) is 4. The Morgan fingerprint density at radius 1 is 0.841 bits per heavy atom. The molecular weight excluding hydrogens is 588 g/mol. The lowest BCUT2D eigenvalue weighted by molar-refractivity contribution is -0.384. The van der Waals surface area contributed by atoms with E-state index in [1.165, 1.54) is 6.07 Å². The highest BCUT2D eigenvalue weighted by Gasteiger charge is 2.28. The van der Waals surface area contributed by atoms with Crippen molar-refractivity contribution in [2.24, 2.45) is 10.9 Å². The average molecular weight is 623 g/mol. The van der Waals surface area contributed by atoms with Gasteiger partial charge >= 0.3 is 5.69 Å². The van der Waals surface area contributed by atoms with Crippen molar-refractivity contribution in [1.82, 2.24) is 16.0 Å². The minimum atomic E-state index is -1.02. The molecule has 0 heterocycles. The summed E-state index contributed by atoms with van der Waals surface area (Å²) in [5, 5.41) is 24.9. The molecule has 0 aliphatic rings. The topological polar surface area (TPSA) is 224 Å². The first-order valence-corrected chi connectivity index (χ1v) is 14.2. The minimum Gasteiger partial charge on any atom is -0.395 e. The van der Waals surface area contributed by atoms with E-state index in [9.17, 15) is 29.4 Å². The van der Waals surface area contributed by atoms with Crippen LogP contribution in [0.25, 0.3) is 0 Å². The number of nitrogens with two attached hydrogens (primary N) is 2. The molecule has 0 aromatic heterocycles. The Hall–Kier alpha value is -5.02. The van der Waals surface area contributed by atoms with Crippen molar-refractivity contribution in [3.05, 3.63) is 98.9 Å². The summed E-state index contributed by atoms with van der Waals surface area (Å²) in [6.07, 6.45) is 0.327. The lowest BCUT2D eigenvalue weighted by Crippen LogP contribution is -2.57. The molecule has 3 rings (SSSR count). The molecule has 0 saturated carbocycles. The van der Waals surface area contributed by atoms with Crippen LogP contribution in [0.5, 0.6) is 0 Å². The molecule has 0 bridgehead atoms. The molecule has 0 aliphatic carbocycles. The molecule has 3 unspecified atom stereocenters. The molecule has 15 heteroatoms. The quantitative estimate of drug-likeness (QED) is 0.0308. The summed E-state index contributed by atoms with van der Waals surface area (Å²) in [4.78, 5) is 60.9. The van der Waals surface area contributed by atoms with Crippen molar-refractivity contribution < 1.29 is 19.3 Å². The second kappa shape index (κ2) is 16.6. The van der Waals surface area contributed by atoms with Crippen LogP contribution < -0.4 is 32.7 Å². The zero-order valence-corrected chi connectivity index (χ0v) is 24.5. The van der Waals surface area contributed by atoms with Crippen LogP contribution in [0.4, 0.5) is 22.7 Å². The van der Waals surface area contributed by atoms with Crippen molar-refractivity contribution in [3.63, 3.8) is 0 Å². The van der Waals surface area contributed by atoms with Gasteiger partial charge in [0.15, 0.2) is 0 Å². The number of rotatable bonds is 16. The fourth-order valence-corrected chi connectivity index (χ4v) is 4.42. The van der Waals surface area contributed by atoms with Gasteiger partial charge in [0, 0.05) is 37.8 Å². The van der Waals surface area contributed by atoms with E-state index in [1.807, 2.05) is 60.7 Å². The number of anilines is 2. The van der Waals surface area contributed by atoms with Crippen molar-refractivity contribution in [2.45, 2.75) is 31.0 Å². The van der Waals surface area contributed by atoms with Crippen molar-refractivity contribution >= 4 is 53.1 Å². The zero-order valence-electron chi connectivity index (χ0n) is 23.6. The van der Waals surface area contributed by atoms with Crippen LogP contribution in [-0.4, -0.2) is 59.6 Å². The van der Waals surface area contributed by atoms with Gasteiger partial charge in [0.25, 0.3) is 0 Å². The fraction of sp³-hybridized carbons (Fsp3) is 0.276. The molecule has 3 atom stereocenters. The summed E-state index contributed by atoms with van der Waals surface area (Å²) in [5.74, 6) is -1.54. The monoisotopic (exact) mass is 622 g/mol. The smallest absolute Gasteiger partial charge is 0.300 e. The molecule has 44 heavy (non-hydrogen) atoms. The van der Waals surface area contributed by atoms with Crippen molar-refractivity contribution in [3.8, 4) is 0 Å². The molecule has 0 spiro atoms. The highest BCUT2D eigenvalue weighted by Crippen LogP contribution is 2.38. The number of amides is 3. The SMILES string of the molecule is Nc1c(NCCNC(=O)C(Cc2ccccc2)NC(=O)C(Cc2ccccc2)NC(=O)C(N)CS)ccc([N+](=O)[O-])c1N=O. The number of hydrogen-bond donors (Lipinski definition) is 7. The number of thiol groups is 1. The molecule has 0 fully saturated rings. The van der Waals surface area contributed by atoms with E-state index in [2.05, 4.69) is 39.1 Å². The van der Waals surface area contributed by atoms with E-state index in [4.69, 9.17) is 11.5 Å². The second-order valence-corrected chi connectivity index (χ2v) is 10.1. The maximum atomic E-state index is 13.5. The third-order valence-corrected chi connectivity index (χ3v) is 6.98. The Balaban J connectivity index is 1.72. The minimum absolute atomic E-state index is 0.0707. The Morgan fingerprint density at radius 3 is 1.91 bits per heavy atom. The van der Waals surface area contributed by atoms with E-state index in [1.54, 1.807) is 0 Å². The Morgan fingerprint density at radius 2 is 1.39 bits per heavy atom. The Labute approximate surface area is 258 Å². The summed E-state index contributed by atoms with van der Waals surface area (Å²) in [6.45, 7) is 0.202. The van der Waals surface area contributed by atoms with E-state index in [-0.39, 0.29) is 43.1 Å². The van der Waals surface area contributed by atoms with E-state index >= 15 is 0 Å². The van der Waals surface area contributed by atoms with Crippen LogP contribution in [0.1, 0.15) is 11.1 Å². The predicted octanol–water partition coefficient (Wildman–Crippen LogP) is 1.82. The number of benzene rings is 3. The fourth-order valence-electron chi connectivity index (χ4n) is 4.25. The summed E-state index contributed by atoms with van der Waals surface area (Å²) < 4.78 is 0. The van der Waals surface area contributed by atoms with Gasteiger partial charge in [-0.05, 0) is 22.4 Å². The summed E-state index contributed by atoms with van der Waals surface area (Å²) in [5.41, 5.74) is 12.3. The number of nitro benzene ring substituents is 1. The number of carbonyl (C=O) groups excluding carboxylic acids is 3. The third-order valence-electron chi connectivity index (χ3n) is 6.59. The van der Waals surface area contributed by atoms with E-state index < -0.39 is 52.1 Å². The number of nitroso groups, excluding NO2 is 1. The van der Waals surface area contributed by atoms with Gasteiger partial charge in [-0.2, -0.15) is 12.6 Å². The average Bonchev–Trinajstić information content (AvgIpc) is 3.03. The molecule has 8 N–H and O–H groups in total. The maximum absolute atomic E-state index is 13.5. The number of nitro groups is 1. The van der Waals surface area contributed by atoms with Gasteiger partial charge < -0.3 is 32.7 Å². The zero-order chi connectivity index (χ0) is 32.1.